The standard InChI is InChI=1S/C24H29FN6O6/c1-12(24(36)37)28-23(35)17(9-20(26)32)29-22(34)15-11-31(13-2-3-13)18-10-19(30-6-4-27-5-7-30)16(25)8-14(18)21(15)33/h8,10-13,17,27H,2-7,9H2,1H3,(H2,26,32)(H,28,35)(H,29,34)(H,36,37)/t12-,17+/m0/s1. The van der Waals surface area contributed by atoms with Gasteiger partial charge >= 0.3 is 5.97 Å². The van der Waals surface area contributed by atoms with Gasteiger partial charge in [0.05, 0.1) is 17.6 Å². The van der Waals surface area contributed by atoms with E-state index in [0.29, 0.717) is 37.4 Å². The predicted octanol–water partition coefficient (Wildman–Crippen LogP) is -0.552. The quantitative estimate of drug-likeness (QED) is 0.295. The number of carboxylic acids is 1. The van der Waals surface area contributed by atoms with Gasteiger partial charge in [0.15, 0.2) is 0 Å². The smallest absolute Gasteiger partial charge is 0.325 e. The number of benzene rings is 1. The van der Waals surface area contributed by atoms with Gasteiger partial charge < -0.3 is 36.3 Å². The van der Waals surface area contributed by atoms with E-state index in [2.05, 4.69) is 16.0 Å². The van der Waals surface area contributed by atoms with Crippen LogP contribution in [0.15, 0.2) is 23.1 Å². The fourth-order valence-corrected chi connectivity index (χ4v) is 4.35. The summed E-state index contributed by atoms with van der Waals surface area (Å²) in [5.74, 6) is -4.73. The Labute approximate surface area is 211 Å². The van der Waals surface area contributed by atoms with E-state index in [9.17, 15) is 24.0 Å². The maximum atomic E-state index is 15.1. The molecule has 1 aromatic heterocycles. The predicted molar refractivity (Wildman–Crippen MR) is 132 cm³/mol. The van der Waals surface area contributed by atoms with E-state index in [1.807, 2.05) is 4.90 Å². The number of carbonyl (C=O) groups is 4. The van der Waals surface area contributed by atoms with Gasteiger partial charge in [0, 0.05) is 43.8 Å². The number of nitrogens with zero attached hydrogens (tertiary/aromatic N) is 2. The number of fused-ring (bicyclic) bond motifs is 1. The number of hydrogen-bond acceptors (Lipinski definition) is 7. The molecule has 37 heavy (non-hydrogen) atoms. The summed E-state index contributed by atoms with van der Waals surface area (Å²) < 4.78 is 16.9. The summed E-state index contributed by atoms with van der Waals surface area (Å²) in [6.45, 7) is 3.85. The minimum atomic E-state index is -1.51. The van der Waals surface area contributed by atoms with Crippen LogP contribution in [0.2, 0.25) is 0 Å². The van der Waals surface area contributed by atoms with Crippen LogP contribution >= 0.6 is 0 Å². The number of carboxylic acid groups (broad SMARTS) is 1. The van der Waals surface area contributed by atoms with Crippen molar-refractivity contribution in [2.45, 2.75) is 44.3 Å². The van der Waals surface area contributed by atoms with Crippen LogP contribution in [-0.2, 0) is 14.4 Å². The number of anilines is 1. The molecule has 2 aromatic rings. The van der Waals surface area contributed by atoms with Crippen LogP contribution < -0.4 is 32.0 Å². The molecule has 0 bridgehead atoms. The fraction of sp³-hybridized carbons (Fsp3) is 0.458. The number of pyridine rings is 1. The van der Waals surface area contributed by atoms with Gasteiger partial charge in [-0.25, -0.2) is 4.39 Å². The number of amides is 3. The second kappa shape index (κ2) is 10.5. The van der Waals surface area contributed by atoms with Crippen molar-refractivity contribution in [3.63, 3.8) is 0 Å². The zero-order valence-electron chi connectivity index (χ0n) is 20.3. The van der Waals surface area contributed by atoms with Crippen molar-refractivity contribution in [3.05, 3.63) is 39.9 Å². The molecule has 2 heterocycles. The first-order valence-electron chi connectivity index (χ1n) is 12.0. The molecule has 1 aromatic carbocycles. The minimum Gasteiger partial charge on any atom is -0.480 e. The molecular formula is C24H29FN6O6. The number of aliphatic carboxylic acids is 1. The normalized spacial score (nSPS) is 17.2. The number of piperazine rings is 1. The van der Waals surface area contributed by atoms with Crippen LogP contribution in [-0.4, -0.2) is 71.6 Å². The molecule has 0 unspecified atom stereocenters. The van der Waals surface area contributed by atoms with E-state index in [4.69, 9.17) is 10.8 Å². The lowest BCUT2D eigenvalue weighted by Gasteiger charge is -2.30. The molecule has 0 radical (unpaired) electrons. The summed E-state index contributed by atoms with van der Waals surface area (Å²) in [6.07, 6.45) is 2.41. The third kappa shape index (κ3) is 5.71. The topological polar surface area (TPSA) is 176 Å². The summed E-state index contributed by atoms with van der Waals surface area (Å²) in [7, 11) is 0. The van der Waals surface area contributed by atoms with Crippen LogP contribution in [0.3, 0.4) is 0 Å². The van der Waals surface area contributed by atoms with Crippen LogP contribution in [0, 0.1) is 5.82 Å². The van der Waals surface area contributed by atoms with Gasteiger partial charge in [0.25, 0.3) is 5.91 Å². The van der Waals surface area contributed by atoms with Crippen LogP contribution in [0.5, 0.6) is 0 Å². The van der Waals surface area contributed by atoms with Gasteiger partial charge in [-0.05, 0) is 31.9 Å². The lowest BCUT2D eigenvalue weighted by atomic mass is 10.1. The second-order valence-electron chi connectivity index (χ2n) is 9.33. The van der Waals surface area contributed by atoms with E-state index >= 15 is 4.39 Å². The SMILES string of the molecule is C[C@H](NC(=O)[C@@H](CC(N)=O)NC(=O)c1cn(C2CC2)c2cc(N3CCNCC3)c(F)cc2c1=O)C(=O)O. The Hall–Kier alpha value is -4.00. The summed E-state index contributed by atoms with van der Waals surface area (Å²) in [6, 6.07) is -0.0125. The van der Waals surface area contributed by atoms with Crippen molar-refractivity contribution in [1.29, 1.82) is 0 Å². The first-order valence-corrected chi connectivity index (χ1v) is 12.0. The van der Waals surface area contributed by atoms with E-state index in [1.165, 1.54) is 13.1 Å². The molecule has 4 rings (SSSR count). The van der Waals surface area contributed by atoms with Gasteiger partial charge in [-0.3, -0.25) is 24.0 Å². The Morgan fingerprint density at radius 1 is 1.19 bits per heavy atom. The van der Waals surface area contributed by atoms with Crippen molar-refractivity contribution in [3.8, 4) is 0 Å². The largest absolute Gasteiger partial charge is 0.480 e. The second-order valence-corrected chi connectivity index (χ2v) is 9.33. The Bertz CT molecular complexity index is 1320. The Kier molecular flexibility index (Phi) is 7.43. The molecule has 1 saturated heterocycles. The molecule has 6 N–H and O–H groups in total. The molecule has 2 atom stereocenters. The third-order valence-electron chi connectivity index (χ3n) is 6.50. The summed E-state index contributed by atoms with van der Waals surface area (Å²) in [5, 5.41) is 16.7. The van der Waals surface area contributed by atoms with E-state index in [1.54, 1.807) is 10.6 Å². The van der Waals surface area contributed by atoms with E-state index in [-0.39, 0.29) is 17.0 Å². The van der Waals surface area contributed by atoms with Gasteiger partial charge in [-0.1, -0.05) is 0 Å². The number of hydrogen-bond donors (Lipinski definition) is 5. The van der Waals surface area contributed by atoms with Crippen LogP contribution in [0.4, 0.5) is 10.1 Å². The van der Waals surface area contributed by atoms with E-state index in [0.717, 1.165) is 18.9 Å². The summed E-state index contributed by atoms with van der Waals surface area (Å²) >= 11 is 0. The van der Waals surface area contributed by atoms with Gasteiger partial charge in [-0.15, -0.1) is 0 Å². The highest BCUT2D eigenvalue weighted by Crippen LogP contribution is 2.38. The molecule has 12 nitrogen and oxygen atoms in total. The molecule has 1 aliphatic carbocycles. The molecule has 0 spiro atoms. The lowest BCUT2D eigenvalue weighted by Crippen LogP contribution is -2.52. The van der Waals surface area contributed by atoms with Crippen molar-refractivity contribution in [2.75, 3.05) is 31.1 Å². The van der Waals surface area contributed by atoms with Crippen molar-refractivity contribution in [2.24, 2.45) is 5.73 Å². The monoisotopic (exact) mass is 516 g/mol. The van der Waals surface area contributed by atoms with Crippen LogP contribution in [0.1, 0.15) is 42.6 Å². The Balaban J connectivity index is 1.70. The number of carbonyl (C=O) groups excluding carboxylic acids is 3. The summed E-state index contributed by atoms with van der Waals surface area (Å²) in [4.78, 5) is 63.5. The highest BCUT2D eigenvalue weighted by atomic mass is 19.1. The van der Waals surface area contributed by atoms with Gasteiger partial charge in [-0.2, -0.15) is 0 Å². The third-order valence-corrected chi connectivity index (χ3v) is 6.50. The Morgan fingerprint density at radius 2 is 1.86 bits per heavy atom. The highest BCUT2D eigenvalue weighted by molar-refractivity contribution is 6.01. The first-order chi connectivity index (χ1) is 17.6. The molecule has 13 heteroatoms. The minimum absolute atomic E-state index is 0.0198. The van der Waals surface area contributed by atoms with Crippen molar-refractivity contribution < 1.29 is 28.7 Å². The number of nitrogens with one attached hydrogen (secondary N) is 3. The maximum absolute atomic E-state index is 15.1. The maximum Gasteiger partial charge on any atom is 0.325 e. The number of aromatic nitrogens is 1. The van der Waals surface area contributed by atoms with Crippen molar-refractivity contribution >= 4 is 40.3 Å². The van der Waals surface area contributed by atoms with Gasteiger partial charge in [0.1, 0.15) is 23.5 Å². The zero-order valence-corrected chi connectivity index (χ0v) is 20.3. The molecule has 2 aliphatic rings. The molecular weight excluding hydrogens is 487 g/mol. The fourth-order valence-electron chi connectivity index (χ4n) is 4.35. The molecule has 1 aliphatic heterocycles. The number of primary amides is 1. The number of rotatable bonds is 9. The first kappa shape index (κ1) is 26.1. The molecule has 2 fully saturated rings. The average Bonchev–Trinajstić information content (AvgIpc) is 3.69. The van der Waals surface area contributed by atoms with Crippen LogP contribution in [0.25, 0.3) is 10.9 Å². The highest BCUT2D eigenvalue weighted by Gasteiger charge is 2.31. The lowest BCUT2D eigenvalue weighted by molar-refractivity contribution is -0.141. The average molecular weight is 517 g/mol. The van der Waals surface area contributed by atoms with Gasteiger partial charge in [0.2, 0.25) is 17.2 Å². The molecule has 3 amide bonds. The van der Waals surface area contributed by atoms with Crippen molar-refractivity contribution in [1.82, 2.24) is 20.5 Å². The summed E-state index contributed by atoms with van der Waals surface area (Å²) in [5.41, 5.74) is 5.02. The number of halogens is 1. The molecule has 1 saturated carbocycles. The van der Waals surface area contributed by atoms with E-state index < -0.39 is 53.4 Å². The molecule has 198 valence electrons. The Morgan fingerprint density at radius 3 is 2.46 bits per heavy atom. The zero-order chi connectivity index (χ0) is 26.9. The number of nitrogens with two attached hydrogens (primary N) is 1.